The highest BCUT2D eigenvalue weighted by Crippen LogP contribution is 2.26. The van der Waals surface area contributed by atoms with E-state index in [9.17, 15) is 8.42 Å². The summed E-state index contributed by atoms with van der Waals surface area (Å²) in [6, 6.07) is 10.4. The van der Waals surface area contributed by atoms with Crippen LogP contribution in [0.3, 0.4) is 0 Å². The first-order chi connectivity index (χ1) is 7.12. The second-order valence-corrected chi connectivity index (χ2v) is 6.29. The summed E-state index contributed by atoms with van der Waals surface area (Å²) in [5.41, 5.74) is 0.783. The third kappa shape index (κ3) is 1.82. The molecule has 0 aliphatic rings. The summed E-state index contributed by atoms with van der Waals surface area (Å²) in [4.78, 5) is 0.396. The fraction of sp³-hybridized carbons (Fsp3) is 0.0909. The van der Waals surface area contributed by atoms with Gasteiger partial charge in [-0.1, -0.05) is 24.3 Å². The van der Waals surface area contributed by atoms with Crippen LogP contribution in [-0.4, -0.2) is 8.42 Å². The lowest BCUT2D eigenvalue weighted by Gasteiger charge is -2.04. The summed E-state index contributed by atoms with van der Waals surface area (Å²) < 4.78 is 24.7. The van der Waals surface area contributed by atoms with Gasteiger partial charge in [-0.3, -0.25) is 0 Å². The highest BCUT2D eigenvalue weighted by atomic mass is 32.2. The molecule has 0 aliphatic carbocycles. The van der Waals surface area contributed by atoms with Crippen molar-refractivity contribution < 1.29 is 8.42 Å². The van der Waals surface area contributed by atoms with Crippen molar-refractivity contribution in [1.29, 1.82) is 0 Å². The van der Waals surface area contributed by atoms with Gasteiger partial charge in [0.25, 0.3) is 0 Å². The minimum atomic E-state index is -3.31. The Morgan fingerprint density at radius 3 is 2.40 bits per heavy atom. The predicted octanol–water partition coefficient (Wildman–Crippen LogP) is 2.89. The molecular weight excluding hydrogens is 228 g/mol. The zero-order chi connectivity index (χ0) is 10.9. The smallest absolute Gasteiger partial charge is 0.216 e. The monoisotopic (exact) mass is 238 g/mol. The molecule has 2 nitrogen and oxygen atoms in total. The van der Waals surface area contributed by atoms with Crippen LogP contribution in [0.4, 0.5) is 0 Å². The van der Waals surface area contributed by atoms with Gasteiger partial charge in [0.1, 0.15) is 4.21 Å². The Kier molecular flexibility index (Phi) is 2.63. The van der Waals surface area contributed by atoms with Crippen LogP contribution in [0.25, 0.3) is 0 Å². The van der Waals surface area contributed by atoms with Crippen molar-refractivity contribution in [3.8, 4) is 0 Å². The molecule has 0 unspecified atom stereocenters. The molecule has 0 N–H and O–H groups in total. The van der Waals surface area contributed by atoms with E-state index in [4.69, 9.17) is 0 Å². The van der Waals surface area contributed by atoms with Gasteiger partial charge in [-0.05, 0) is 30.0 Å². The van der Waals surface area contributed by atoms with Crippen LogP contribution in [-0.2, 0) is 9.84 Å². The Balaban J connectivity index is 2.62. The molecular formula is C11H10O2S2. The minimum absolute atomic E-state index is 0.396. The first kappa shape index (κ1) is 10.4. The van der Waals surface area contributed by atoms with Crippen molar-refractivity contribution in [2.75, 3.05) is 0 Å². The third-order valence-electron chi connectivity index (χ3n) is 2.14. The van der Waals surface area contributed by atoms with Gasteiger partial charge in [0, 0.05) is 0 Å². The van der Waals surface area contributed by atoms with Gasteiger partial charge in [0.15, 0.2) is 0 Å². The van der Waals surface area contributed by atoms with Crippen molar-refractivity contribution in [3.05, 3.63) is 47.3 Å². The topological polar surface area (TPSA) is 34.1 Å². The van der Waals surface area contributed by atoms with Crippen molar-refractivity contribution >= 4 is 21.2 Å². The summed E-state index contributed by atoms with van der Waals surface area (Å²) >= 11 is 1.25. The third-order valence-corrected chi connectivity index (χ3v) is 5.45. The number of benzene rings is 1. The molecule has 1 heterocycles. The molecule has 0 bridgehead atoms. The van der Waals surface area contributed by atoms with Crippen LogP contribution in [0.1, 0.15) is 5.56 Å². The summed E-state index contributed by atoms with van der Waals surface area (Å²) in [5.74, 6) is 0. The molecule has 15 heavy (non-hydrogen) atoms. The highest BCUT2D eigenvalue weighted by Gasteiger charge is 2.19. The molecule has 2 rings (SSSR count). The Morgan fingerprint density at radius 2 is 1.80 bits per heavy atom. The Labute approximate surface area is 93.1 Å². The molecule has 1 aromatic heterocycles. The van der Waals surface area contributed by atoms with E-state index in [1.807, 2.05) is 6.07 Å². The number of thiophene rings is 1. The van der Waals surface area contributed by atoms with E-state index in [2.05, 4.69) is 0 Å². The number of aryl methyl sites for hydroxylation is 1. The van der Waals surface area contributed by atoms with Gasteiger partial charge >= 0.3 is 0 Å². The van der Waals surface area contributed by atoms with Gasteiger partial charge in [0.05, 0.1) is 4.90 Å². The molecule has 0 spiro atoms. The second kappa shape index (κ2) is 3.79. The van der Waals surface area contributed by atoms with E-state index in [-0.39, 0.29) is 0 Å². The van der Waals surface area contributed by atoms with Gasteiger partial charge in [-0.25, -0.2) is 8.42 Å². The first-order valence-electron chi connectivity index (χ1n) is 4.46. The molecule has 4 heteroatoms. The largest absolute Gasteiger partial charge is 0.218 e. The zero-order valence-corrected chi connectivity index (χ0v) is 9.81. The molecule has 2 aromatic rings. The first-order valence-corrected chi connectivity index (χ1v) is 6.83. The summed E-state index contributed by atoms with van der Waals surface area (Å²) in [6.07, 6.45) is 0. The van der Waals surface area contributed by atoms with E-state index in [1.165, 1.54) is 11.3 Å². The lowest BCUT2D eigenvalue weighted by molar-refractivity contribution is 0.597. The zero-order valence-electron chi connectivity index (χ0n) is 8.17. The Morgan fingerprint density at radius 1 is 1.07 bits per heavy atom. The number of hydrogen-bond acceptors (Lipinski definition) is 3. The van der Waals surface area contributed by atoms with Crippen LogP contribution in [0.15, 0.2) is 50.9 Å². The van der Waals surface area contributed by atoms with Gasteiger partial charge in [-0.2, -0.15) is 0 Å². The Hall–Kier alpha value is -1.13. The highest BCUT2D eigenvalue weighted by molar-refractivity contribution is 7.93. The maximum absolute atomic E-state index is 12.1. The van der Waals surface area contributed by atoms with Crippen molar-refractivity contribution in [3.63, 3.8) is 0 Å². The minimum Gasteiger partial charge on any atom is -0.218 e. The van der Waals surface area contributed by atoms with E-state index in [0.29, 0.717) is 9.10 Å². The van der Waals surface area contributed by atoms with Gasteiger partial charge in [-0.15, -0.1) is 11.3 Å². The average molecular weight is 238 g/mol. The predicted molar refractivity (Wildman–Crippen MR) is 60.9 cm³/mol. The Bertz CT molecular complexity index is 554. The number of hydrogen-bond donors (Lipinski definition) is 0. The fourth-order valence-electron chi connectivity index (χ4n) is 1.38. The maximum atomic E-state index is 12.1. The van der Waals surface area contributed by atoms with Crippen molar-refractivity contribution in [2.45, 2.75) is 16.0 Å². The molecule has 0 fully saturated rings. The number of rotatable bonds is 2. The normalized spacial score (nSPS) is 11.5. The fourth-order valence-corrected chi connectivity index (χ4v) is 4.00. The summed E-state index contributed by atoms with van der Waals surface area (Å²) in [5, 5.41) is 1.77. The molecule has 0 saturated carbocycles. The van der Waals surface area contributed by atoms with E-state index < -0.39 is 9.84 Å². The lowest BCUT2D eigenvalue weighted by atomic mass is 10.2. The molecule has 0 atom stereocenters. The molecule has 0 amide bonds. The molecule has 0 radical (unpaired) electrons. The number of sulfone groups is 1. The van der Waals surface area contributed by atoms with Crippen LogP contribution >= 0.6 is 11.3 Å². The second-order valence-electron chi connectivity index (χ2n) is 3.20. The summed E-state index contributed by atoms with van der Waals surface area (Å²) in [6.45, 7) is 1.81. The lowest BCUT2D eigenvalue weighted by Crippen LogP contribution is -2.01. The van der Waals surface area contributed by atoms with Crippen molar-refractivity contribution in [1.82, 2.24) is 0 Å². The van der Waals surface area contributed by atoms with Gasteiger partial charge in [0.2, 0.25) is 9.84 Å². The molecule has 0 saturated heterocycles. The average Bonchev–Trinajstić information content (AvgIpc) is 2.71. The van der Waals surface area contributed by atoms with Crippen molar-refractivity contribution in [2.24, 2.45) is 0 Å². The quantitative estimate of drug-likeness (QED) is 0.806. The standard InChI is InChI=1S/C11H10O2S2/c1-9-5-2-3-6-10(9)15(12,13)11-7-4-8-14-11/h2-8H,1H3. The van der Waals surface area contributed by atoms with E-state index in [0.717, 1.165) is 5.56 Å². The van der Waals surface area contributed by atoms with Crippen LogP contribution in [0.5, 0.6) is 0 Å². The molecule has 1 aromatic carbocycles. The van der Waals surface area contributed by atoms with Gasteiger partial charge < -0.3 is 0 Å². The molecule has 78 valence electrons. The SMILES string of the molecule is Cc1ccccc1S(=O)(=O)c1cccs1. The maximum Gasteiger partial charge on any atom is 0.216 e. The molecule has 0 aliphatic heterocycles. The van der Waals surface area contributed by atoms with E-state index >= 15 is 0 Å². The van der Waals surface area contributed by atoms with E-state index in [1.54, 1.807) is 42.6 Å². The summed E-state index contributed by atoms with van der Waals surface area (Å²) in [7, 11) is -3.31. The van der Waals surface area contributed by atoms with Crippen LogP contribution in [0, 0.1) is 6.92 Å². The van der Waals surface area contributed by atoms with Crippen LogP contribution < -0.4 is 0 Å². The van der Waals surface area contributed by atoms with Crippen LogP contribution in [0.2, 0.25) is 0 Å².